The van der Waals surface area contributed by atoms with E-state index in [-0.39, 0.29) is 0 Å². The van der Waals surface area contributed by atoms with E-state index in [4.69, 9.17) is 4.74 Å². The van der Waals surface area contributed by atoms with Crippen LogP contribution in [0.3, 0.4) is 0 Å². The van der Waals surface area contributed by atoms with Crippen LogP contribution in [0.5, 0.6) is 5.75 Å². The van der Waals surface area contributed by atoms with Gasteiger partial charge in [0.1, 0.15) is 24.5 Å². The maximum atomic E-state index is 5.89. The largest absolute Gasteiger partial charge is 0.489 e. The van der Waals surface area contributed by atoms with Gasteiger partial charge in [0, 0.05) is 13.6 Å². The first-order valence-electron chi connectivity index (χ1n) is 8.42. The SMILES string of the molecule is Cn1ncc2c(NCc3ccccc3COc3ccccc3)ncnc21. The highest BCUT2D eigenvalue weighted by Gasteiger charge is 2.09. The Balaban J connectivity index is 1.50. The van der Waals surface area contributed by atoms with E-state index in [2.05, 4.69) is 32.5 Å². The minimum Gasteiger partial charge on any atom is -0.489 e. The average molecular weight is 345 g/mol. The molecule has 0 aliphatic carbocycles. The molecule has 0 aliphatic heterocycles. The lowest BCUT2D eigenvalue weighted by atomic mass is 10.1. The Bertz CT molecular complexity index is 1010. The number of hydrogen-bond acceptors (Lipinski definition) is 5. The number of anilines is 1. The molecule has 0 unspecified atom stereocenters. The number of benzene rings is 2. The van der Waals surface area contributed by atoms with E-state index in [1.165, 1.54) is 5.56 Å². The maximum absolute atomic E-state index is 5.89. The highest BCUT2D eigenvalue weighted by Crippen LogP contribution is 2.20. The number of para-hydroxylation sites is 1. The van der Waals surface area contributed by atoms with Crippen molar-refractivity contribution in [3.8, 4) is 5.75 Å². The summed E-state index contributed by atoms with van der Waals surface area (Å²) in [5.41, 5.74) is 3.11. The van der Waals surface area contributed by atoms with Gasteiger partial charge in [0.05, 0.1) is 11.6 Å². The Morgan fingerprint density at radius 2 is 1.73 bits per heavy atom. The normalized spacial score (nSPS) is 10.8. The zero-order valence-electron chi connectivity index (χ0n) is 14.5. The van der Waals surface area contributed by atoms with E-state index >= 15 is 0 Å². The molecule has 0 fully saturated rings. The molecule has 130 valence electrons. The molecule has 1 N–H and O–H groups in total. The van der Waals surface area contributed by atoms with Crippen molar-refractivity contribution in [2.45, 2.75) is 13.2 Å². The van der Waals surface area contributed by atoms with Crippen molar-refractivity contribution in [2.75, 3.05) is 5.32 Å². The summed E-state index contributed by atoms with van der Waals surface area (Å²) in [6.07, 6.45) is 3.33. The number of aromatic nitrogens is 4. The van der Waals surface area contributed by atoms with Crippen LogP contribution in [0.1, 0.15) is 11.1 Å². The number of aryl methyl sites for hydroxylation is 1. The summed E-state index contributed by atoms with van der Waals surface area (Å²) in [6, 6.07) is 18.1. The zero-order chi connectivity index (χ0) is 17.8. The monoisotopic (exact) mass is 345 g/mol. The fraction of sp³-hybridized carbons (Fsp3) is 0.150. The predicted molar refractivity (Wildman–Crippen MR) is 101 cm³/mol. The van der Waals surface area contributed by atoms with Crippen molar-refractivity contribution < 1.29 is 4.74 Å². The van der Waals surface area contributed by atoms with Crippen molar-refractivity contribution in [1.29, 1.82) is 0 Å². The highest BCUT2D eigenvalue weighted by atomic mass is 16.5. The van der Waals surface area contributed by atoms with Crippen LogP contribution in [0.15, 0.2) is 67.1 Å². The standard InChI is InChI=1S/C20H19N5O/c1-25-20-18(12-24-25)19(22-14-23-20)21-11-15-7-5-6-8-16(15)13-26-17-9-3-2-4-10-17/h2-10,12,14H,11,13H2,1H3,(H,21,22,23). The second-order valence-electron chi connectivity index (χ2n) is 5.95. The van der Waals surface area contributed by atoms with Crippen LogP contribution in [-0.2, 0) is 20.2 Å². The van der Waals surface area contributed by atoms with Crippen LogP contribution in [-0.4, -0.2) is 19.7 Å². The first-order chi connectivity index (χ1) is 12.8. The molecule has 6 heteroatoms. The van der Waals surface area contributed by atoms with Gasteiger partial charge in [-0.1, -0.05) is 42.5 Å². The predicted octanol–water partition coefficient (Wildman–Crippen LogP) is 3.55. The van der Waals surface area contributed by atoms with Gasteiger partial charge in [-0.25, -0.2) is 9.97 Å². The summed E-state index contributed by atoms with van der Waals surface area (Å²) < 4.78 is 7.63. The summed E-state index contributed by atoms with van der Waals surface area (Å²) in [7, 11) is 1.87. The molecule has 26 heavy (non-hydrogen) atoms. The van der Waals surface area contributed by atoms with Gasteiger partial charge >= 0.3 is 0 Å². The molecule has 2 aromatic heterocycles. The van der Waals surface area contributed by atoms with Crippen molar-refractivity contribution in [1.82, 2.24) is 19.7 Å². The van der Waals surface area contributed by atoms with Gasteiger partial charge in [-0.3, -0.25) is 4.68 Å². The summed E-state index contributed by atoms with van der Waals surface area (Å²) >= 11 is 0. The maximum Gasteiger partial charge on any atom is 0.163 e. The van der Waals surface area contributed by atoms with Crippen LogP contribution in [0.25, 0.3) is 11.0 Å². The molecule has 4 aromatic rings. The molecule has 6 nitrogen and oxygen atoms in total. The third-order valence-electron chi connectivity index (χ3n) is 4.23. The summed E-state index contributed by atoms with van der Waals surface area (Å²) in [6.45, 7) is 1.17. The molecule has 0 amide bonds. The Morgan fingerprint density at radius 3 is 2.58 bits per heavy atom. The molecule has 2 aromatic carbocycles. The summed E-state index contributed by atoms with van der Waals surface area (Å²) in [4.78, 5) is 8.62. The Kier molecular flexibility index (Phi) is 4.47. The third kappa shape index (κ3) is 3.35. The fourth-order valence-electron chi connectivity index (χ4n) is 2.83. The van der Waals surface area contributed by atoms with Crippen LogP contribution in [0.2, 0.25) is 0 Å². The van der Waals surface area contributed by atoms with E-state index in [1.54, 1.807) is 17.2 Å². The van der Waals surface area contributed by atoms with Crippen molar-refractivity contribution in [2.24, 2.45) is 7.05 Å². The second kappa shape index (κ2) is 7.23. The lowest BCUT2D eigenvalue weighted by molar-refractivity contribution is 0.305. The van der Waals surface area contributed by atoms with Gasteiger partial charge < -0.3 is 10.1 Å². The van der Waals surface area contributed by atoms with Gasteiger partial charge in [0.15, 0.2) is 5.65 Å². The first kappa shape index (κ1) is 16.1. The second-order valence-corrected chi connectivity index (χ2v) is 5.95. The smallest absolute Gasteiger partial charge is 0.163 e. The molecule has 2 heterocycles. The lowest BCUT2D eigenvalue weighted by Crippen LogP contribution is -2.07. The Hall–Kier alpha value is -3.41. The quantitative estimate of drug-likeness (QED) is 0.579. The molecule has 0 radical (unpaired) electrons. The molecule has 0 saturated carbocycles. The van der Waals surface area contributed by atoms with Gasteiger partial charge in [-0.15, -0.1) is 0 Å². The molecule has 4 rings (SSSR count). The lowest BCUT2D eigenvalue weighted by Gasteiger charge is -2.12. The average Bonchev–Trinajstić information content (AvgIpc) is 3.08. The Morgan fingerprint density at radius 1 is 0.962 bits per heavy atom. The molecular formula is C20H19N5O. The zero-order valence-corrected chi connectivity index (χ0v) is 14.5. The minimum absolute atomic E-state index is 0.522. The molecule has 0 atom stereocenters. The van der Waals surface area contributed by atoms with Gasteiger partial charge in [-0.05, 0) is 23.3 Å². The van der Waals surface area contributed by atoms with E-state index in [0.29, 0.717) is 13.2 Å². The number of nitrogens with one attached hydrogen (secondary N) is 1. The number of rotatable bonds is 6. The van der Waals surface area contributed by atoms with E-state index in [1.807, 2.05) is 49.5 Å². The number of fused-ring (bicyclic) bond motifs is 1. The first-order valence-corrected chi connectivity index (χ1v) is 8.42. The number of nitrogens with zero attached hydrogens (tertiary/aromatic N) is 4. The molecule has 0 spiro atoms. The van der Waals surface area contributed by atoms with Crippen molar-refractivity contribution in [3.63, 3.8) is 0 Å². The van der Waals surface area contributed by atoms with Crippen molar-refractivity contribution >= 4 is 16.9 Å². The van der Waals surface area contributed by atoms with Gasteiger partial charge in [0.2, 0.25) is 0 Å². The van der Waals surface area contributed by atoms with E-state index < -0.39 is 0 Å². The van der Waals surface area contributed by atoms with E-state index in [9.17, 15) is 0 Å². The third-order valence-corrected chi connectivity index (χ3v) is 4.23. The van der Waals surface area contributed by atoms with Gasteiger partial charge in [-0.2, -0.15) is 5.10 Å². The van der Waals surface area contributed by atoms with E-state index in [0.717, 1.165) is 28.2 Å². The van der Waals surface area contributed by atoms with Gasteiger partial charge in [0.25, 0.3) is 0 Å². The van der Waals surface area contributed by atoms with Crippen LogP contribution in [0, 0.1) is 0 Å². The molecule has 0 aliphatic rings. The molecular weight excluding hydrogens is 326 g/mol. The Labute approximate surface area is 151 Å². The summed E-state index contributed by atoms with van der Waals surface area (Å²) in [5.74, 6) is 1.64. The van der Waals surface area contributed by atoms with Crippen LogP contribution >= 0.6 is 0 Å². The van der Waals surface area contributed by atoms with Crippen molar-refractivity contribution in [3.05, 3.63) is 78.2 Å². The molecule has 0 saturated heterocycles. The highest BCUT2D eigenvalue weighted by molar-refractivity contribution is 5.85. The minimum atomic E-state index is 0.522. The topological polar surface area (TPSA) is 64.9 Å². The number of hydrogen-bond donors (Lipinski definition) is 1. The summed E-state index contributed by atoms with van der Waals surface area (Å²) in [5, 5.41) is 8.55. The van der Waals surface area contributed by atoms with Crippen LogP contribution < -0.4 is 10.1 Å². The van der Waals surface area contributed by atoms with Crippen LogP contribution in [0.4, 0.5) is 5.82 Å². The molecule has 0 bridgehead atoms. The fourth-order valence-corrected chi connectivity index (χ4v) is 2.83. The number of ether oxygens (including phenoxy) is 1.